The van der Waals surface area contributed by atoms with Gasteiger partial charge >= 0.3 is 17.9 Å². The molecule has 0 amide bonds. The van der Waals surface area contributed by atoms with Crippen LogP contribution in [-0.4, -0.2) is 37.2 Å². The third kappa shape index (κ3) is 57.0. The number of carbonyl (C=O) groups is 3. The van der Waals surface area contributed by atoms with Crippen LogP contribution in [-0.2, 0) is 28.6 Å². The van der Waals surface area contributed by atoms with Crippen LogP contribution in [0, 0.1) is 0 Å². The van der Waals surface area contributed by atoms with Gasteiger partial charge in [-0.3, -0.25) is 14.4 Å². The van der Waals surface area contributed by atoms with Gasteiger partial charge in [0.15, 0.2) is 6.10 Å². The summed E-state index contributed by atoms with van der Waals surface area (Å²) in [5, 5.41) is 0. The molecule has 6 heteroatoms. The summed E-state index contributed by atoms with van der Waals surface area (Å²) in [6.07, 6.45) is 81.0. The van der Waals surface area contributed by atoms with E-state index in [0.29, 0.717) is 19.3 Å². The molecule has 410 valence electrons. The predicted octanol–water partition coefficient (Wildman–Crippen LogP) is 20.3. The second kappa shape index (κ2) is 59.6. The van der Waals surface area contributed by atoms with E-state index in [1.165, 1.54) is 96.3 Å². The summed E-state index contributed by atoms with van der Waals surface area (Å²) in [5.41, 5.74) is 0. The number of carbonyl (C=O) groups excluding carboxylic acids is 3. The van der Waals surface area contributed by atoms with Crippen molar-refractivity contribution in [2.75, 3.05) is 13.2 Å². The van der Waals surface area contributed by atoms with E-state index in [1.807, 2.05) is 0 Å². The van der Waals surface area contributed by atoms with Gasteiger partial charge in [0.2, 0.25) is 0 Å². The van der Waals surface area contributed by atoms with E-state index in [4.69, 9.17) is 14.2 Å². The summed E-state index contributed by atoms with van der Waals surface area (Å²) in [4.78, 5) is 38.0. The minimum Gasteiger partial charge on any atom is -0.462 e. The highest BCUT2D eigenvalue weighted by atomic mass is 16.6. The molecule has 0 bridgehead atoms. The van der Waals surface area contributed by atoms with Crippen LogP contribution in [0.4, 0.5) is 0 Å². The van der Waals surface area contributed by atoms with Gasteiger partial charge in [0.1, 0.15) is 13.2 Å². The van der Waals surface area contributed by atoms with Gasteiger partial charge < -0.3 is 14.2 Å². The largest absolute Gasteiger partial charge is 0.462 e. The SMILES string of the molecule is CC/C=C\C/C=C\C/C=C\C/C=C\C/C=C\C/C=C\C/C=C\C/C=C\C/C=C\CCCCCCCC(=O)OCC(COC(=O)CCCCCCCCCC)OC(=O)CCCCCCCCCCCCCCC. The zero-order valence-corrected chi connectivity index (χ0v) is 46.9. The van der Waals surface area contributed by atoms with E-state index in [0.717, 1.165) is 135 Å². The van der Waals surface area contributed by atoms with Crippen molar-refractivity contribution in [3.05, 3.63) is 109 Å². The van der Waals surface area contributed by atoms with E-state index in [2.05, 4.69) is 130 Å². The molecule has 0 aliphatic heterocycles. The van der Waals surface area contributed by atoms with Crippen LogP contribution in [0.25, 0.3) is 0 Å². The van der Waals surface area contributed by atoms with Crippen molar-refractivity contribution < 1.29 is 28.6 Å². The first-order valence-corrected chi connectivity index (χ1v) is 29.9. The maximum absolute atomic E-state index is 12.8. The highest BCUT2D eigenvalue weighted by Gasteiger charge is 2.19. The second-order valence-corrected chi connectivity index (χ2v) is 19.5. The van der Waals surface area contributed by atoms with E-state index in [-0.39, 0.29) is 31.1 Å². The van der Waals surface area contributed by atoms with E-state index < -0.39 is 6.10 Å². The van der Waals surface area contributed by atoms with Gasteiger partial charge in [0.05, 0.1) is 0 Å². The fourth-order valence-electron chi connectivity index (χ4n) is 8.08. The molecule has 0 fully saturated rings. The first-order valence-electron chi connectivity index (χ1n) is 29.9. The van der Waals surface area contributed by atoms with Crippen LogP contribution in [0.2, 0.25) is 0 Å². The summed E-state index contributed by atoms with van der Waals surface area (Å²) in [6.45, 7) is 6.48. The van der Waals surface area contributed by atoms with Gasteiger partial charge in [-0.1, -0.05) is 271 Å². The van der Waals surface area contributed by atoms with Crippen molar-refractivity contribution in [3.8, 4) is 0 Å². The van der Waals surface area contributed by atoms with Gasteiger partial charge in [-0.05, 0) is 89.9 Å². The summed E-state index contributed by atoms with van der Waals surface area (Å²) in [6, 6.07) is 0. The van der Waals surface area contributed by atoms with Crippen molar-refractivity contribution in [1.82, 2.24) is 0 Å². The number of rotatable bonds is 53. The van der Waals surface area contributed by atoms with Crippen LogP contribution in [0.1, 0.15) is 271 Å². The Morgan fingerprint density at radius 2 is 0.542 bits per heavy atom. The maximum atomic E-state index is 12.8. The van der Waals surface area contributed by atoms with Crippen LogP contribution in [0.5, 0.6) is 0 Å². The van der Waals surface area contributed by atoms with Crippen molar-refractivity contribution in [1.29, 1.82) is 0 Å². The number of hydrogen-bond donors (Lipinski definition) is 0. The average Bonchev–Trinajstić information content (AvgIpc) is 3.38. The van der Waals surface area contributed by atoms with Gasteiger partial charge in [-0.25, -0.2) is 0 Å². The Balaban J connectivity index is 4.19. The van der Waals surface area contributed by atoms with Crippen LogP contribution < -0.4 is 0 Å². The molecule has 0 spiro atoms. The topological polar surface area (TPSA) is 78.9 Å². The number of esters is 3. The molecule has 0 aromatic heterocycles. The van der Waals surface area contributed by atoms with E-state index in [9.17, 15) is 14.4 Å². The zero-order valence-electron chi connectivity index (χ0n) is 46.9. The Kier molecular flexibility index (Phi) is 56.4. The van der Waals surface area contributed by atoms with Crippen LogP contribution >= 0.6 is 0 Å². The van der Waals surface area contributed by atoms with Crippen molar-refractivity contribution in [3.63, 3.8) is 0 Å². The average molecular weight is 1000 g/mol. The molecular weight excluding hydrogens is 889 g/mol. The molecule has 0 heterocycles. The molecule has 0 saturated heterocycles. The summed E-state index contributed by atoms with van der Waals surface area (Å²) < 4.78 is 16.8. The molecule has 0 rings (SSSR count). The molecule has 6 nitrogen and oxygen atoms in total. The number of ether oxygens (including phenoxy) is 3. The maximum Gasteiger partial charge on any atom is 0.306 e. The Hall–Kier alpha value is -3.93. The third-order valence-electron chi connectivity index (χ3n) is 12.5. The Bertz CT molecular complexity index is 1470. The minimum absolute atomic E-state index is 0.0815. The quantitative estimate of drug-likeness (QED) is 0.0261. The molecule has 0 aliphatic rings. The van der Waals surface area contributed by atoms with Gasteiger partial charge in [-0.15, -0.1) is 0 Å². The summed E-state index contributed by atoms with van der Waals surface area (Å²) in [7, 11) is 0. The number of hydrogen-bond acceptors (Lipinski definition) is 6. The van der Waals surface area contributed by atoms with Crippen molar-refractivity contribution >= 4 is 17.9 Å². The van der Waals surface area contributed by atoms with Gasteiger partial charge in [0, 0.05) is 19.3 Å². The first kappa shape index (κ1) is 68.1. The lowest BCUT2D eigenvalue weighted by atomic mass is 10.0. The fraction of sp³-hybridized carbons (Fsp3) is 0.682. The highest BCUT2D eigenvalue weighted by molar-refractivity contribution is 5.71. The summed E-state index contributed by atoms with van der Waals surface area (Å²) in [5.74, 6) is -0.903. The van der Waals surface area contributed by atoms with Gasteiger partial charge in [0.25, 0.3) is 0 Å². The van der Waals surface area contributed by atoms with Gasteiger partial charge in [-0.2, -0.15) is 0 Å². The highest BCUT2D eigenvalue weighted by Crippen LogP contribution is 2.15. The standard InChI is InChI=1S/C66H110O6/c1-4-7-10-13-16-19-21-23-24-25-26-27-28-29-30-31-32-33-34-35-36-37-38-39-40-41-42-44-45-47-50-53-56-59-65(68)71-62-63(61-70-64(67)58-55-52-49-18-15-12-9-6-3)72-66(69)60-57-54-51-48-46-43-22-20-17-14-11-8-5-2/h7,10,16,19,23-24,26-27,29-30,32-33,35-36,38-39,41-42,63H,4-6,8-9,11-15,17-18,20-22,25,28,31,34,37,40,43-62H2,1-3H3/b10-7-,19-16-,24-23-,27-26-,30-29-,33-32-,36-35-,39-38-,42-41-. The molecule has 0 aromatic rings. The third-order valence-corrected chi connectivity index (χ3v) is 12.5. The first-order chi connectivity index (χ1) is 35.5. The van der Waals surface area contributed by atoms with E-state index in [1.54, 1.807) is 0 Å². The number of unbranched alkanes of at least 4 members (excludes halogenated alkanes) is 24. The predicted molar refractivity (Wildman–Crippen MR) is 311 cm³/mol. The fourth-order valence-corrected chi connectivity index (χ4v) is 8.08. The van der Waals surface area contributed by atoms with Crippen LogP contribution in [0.15, 0.2) is 109 Å². The Labute approximate surface area is 444 Å². The lowest BCUT2D eigenvalue weighted by Crippen LogP contribution is -2.30. The monoisotopic (exact) mass is 999 g/mol. The van der Waals surface area contributed by atoms with Crippen LogP contribution in [0.3, 0.4) is 0 Å². The lowest BCUT2D eigenvalue weighted by molar-refractivity contribution is -0.167. The Morgan fingerprint density at radius 1 is 0.292 bits per heavy atom. The molecule has 1 atom stereocenters. The molecule has 0 saturated carbocycles. The van der Waals surface area contributed by atoms with Crippen molar-refractivity contribution in [2.45, 2.75) is 277 Å². The Morgan fingerprint density at radius 3 is 0.847 bits per heavy atom. The molecule has 72 heavy (non-hydrogen) atoms. The smallest absolute Gasteiger partial charge is 0.306 e. The second-order valence-electron chi connectivity index (χ2n) is 19.5. The molecule has 0 N–H and O–H groups in total. The molecule has 1 unspecified atom stereocenters. The molecular formula is C66H110O6. The summed E-state index contributed by atoms with van der Waals surface area (Å²) >= 11 is 0. The van der Waals surface area contributed by atoms with E-state index >= 15 is 0 Å². The number of allylic oxidation sites excluding steroid dienone is 18. The zero-order chi connectivity index (χ0) is 52.2. The molecule has 0 aliphatic carbocycles. The normalized spacial score (nSPS) is 12.9. The lowest BCUT2D eigenvalue weighted by Gasteiger charge is -2.18. The molecule has 0 radical (unpaired) electrons. The van der Waals surface area contributed by atoms with Crippen molar-refractivity contribution in [2.24, 2.45) is 0 Å². The molecule has 0 aromatic carbocycles. The minimum atomic E-state index is -0.782.